The smallest absolute Gasteiger partial charge is 0.363 e. The third kappa shape index (κ3) is 3.33. The summed E-state index contributed by atoms with van der Waals surface area (Å²) in [4.78, 5) is 16.5. The van der Waals surface area contributed by atoms with Crippen molar-refractivity contribution in [2.75, 3.05) is 21.3 Å². The SMILES string of the molecule is COc1cc(OC)c(/C=C2\N=C(c3ccccc3)OC2=O)c(OC)c1. The predicted molar refractivity (Wildman–Crippen MR) is 93.1 cm³/mol. The van der Waals surface area contributed by atoms with Gasteiger partial charge >= 0.3 is 5.97 Å². The Kier molecular flexibility index (Phi) is 4.70. The number of rotatable bonds is 5. The van der Waals surface area contributed by atoms with Gasteiger partial charge in [-0.1, -0.05) is 18.2 Å². The van der Waals surface area contributed by atoms with Crippen LogP contribution in [0.3, 0.4) is 0 Å². The maximum absolute atomic E-state index is 12.2. The first kappa shape index (κ1) is 16.6. The highest BCUT2D eigenvalue weighted by Gasteiger charge is 2.25. The molecule has 0 amide bonds. The minimum atomic E-state index is -0.529. The first-order chi connectivity index (χ1) is 12.2. The lowest BCUT2D eigenvalue weighted by atomic mass is 10.1. The number of nitrogens with zero attached hydrogens (tertiary/aromatic N) is 1. The molecule has 0 spiro atoms. The van der Waals surface area contributed by atoms with Crippen LogP contribution < -0.4 is 14.2 Å². The summed E-state index contributed by atoms with van der Waals surface area (Å²) in [6.07, 6.45) is 1.58. The van der Waals surface area contributed by atoms with Crippen LogP contribution in [0.15, 0.2) is 53.2 Å². The molecule has 0 unspecified atom stereocenters. The third-order valence-corrected chi connectivity index (χ3v) is 3.68. The van der Waals surface area contributed by atoms with Gasteiger partial charge in [-0.2, -0.15) is 0 Å². The number of esters is 1. The van der Waals surface area contributed by atoms with E-state index in [9.17, 15) is 4.79 Å². The molecule has 2 aromatic rings. The first-order valence-corrected chi connectivity index (χ1v) is 7.54. The van der Waals surface area contributed by atoms with E-state index in [0.29, 0.717) is 22.8 Å². The molecule has 3 rings (SSSR count). The Bertz CT molecular complexity index is 830. The Morgan fingerprint density at radius 1 is 0.960 bits per heavy atom. The second kappa shape index (κ2) is 7.09. The predicted octanol–water partition coefficient (Wildman–Crippen LogP) is 3.06. The minimum Gasteiger partial charge on any atom is -0.496 e. The monoisotopic (exact) mass is 339 g/mol. The zero-order valence-electron chi connectivity index (χ0n) is 14.1. The molecule has 1 aliphatic heterocycles. The zero-order valence-corrected chi connectivity index (χ0v) is 14.1. The van der Waals surface area contributed by atoms with E-state index in [0.717, 1.165) is 5.56 Å². The largest absolute Gasteiger partial charge is 0.496 e. The van der Waals surface area contributed by atoms with E-state index in [4.69, 9.17) is 18.9 Å². The van der Waals surface area contributed by atoms with Gasteiger partial charge in [0.2, 0.25) is 5.90 Å². The van der Waals surface area contributed by atoms with E-state index in [1.807, 2.05) is 30.3 Å². The molecule has 0 aliphatic carbocycles. The van der Waals surface area contributed by atoms with Gasteiger partial charge in [0.15, 0.2) is 5.70 Å². The summed E-state index contributed by atoms with van der Waals surface area (Å²) in [5, 5.41) is 0. The van der Waals surface area contributed by atoms with E-state index in [-0.39, 0.29) is 11.6 Å². The van der Waals surface area contributed by atoms with Crippen LogP contribution in [0.25, 0.3) is 6.08 Å². The van der Waals surface area contributed by atoms with E-state index >= 15 is 0 Å². The van der Waals surface area contributed by atoms with Crippen LogP contribution in [-0.2, 0) is 9.53 Å². The van der Waals surface area contributed by atoms with Crippen molar-refractivity contribution in [2.45, 2.75) is 0 Å². The summed E-state index contributed by atoms with van der Waals surface area (Å²) in [7, 11) is 4.61. The van der Waals surface area contributed by atoms with Gasteiger partial charge in [0.1, 0.15) is 17.2 Å². The minimum absolute atomic E-state index is 0.167. The molecule has 0 fully saturated rings. The standard InChI is InChI=1S/C19H17NO5/c1-22-13-9-16(23-2)14(17(10-13)24-3)11-15-19(21)25-18(20-15)12-7-5-4-6-8-12/h4-11H,1-3H3/b15-11-. The maximum atomic E-state index is 12.2. The molecular weight excluding hydrogens is 322 g/mol. The van der Waals surface area contributed by atoms with Crippen molar-refractivity contribution in [3.63, 3.8) is 0 Å². The zero-order chi connectivity index (χ0) is 17.8. The molecule has 25 heavy (non-hydrogen) atoms. The van der Waals surface area contributed by atoms with Crippen molar-refractivity contribution in [1.29, 1.82) is 0 Å². The molecule has 0 bridgehead atoms. The molecule has 0 N–H and O–H groups in total. The van der Waals surface area contributed by atoms with Gasteiger partial charge in [0.25, 0.3) is 0 Å². The average Bonchev–Trinajstić information content (AvgIpc) is 3.03. The second-order valence-corrected chi connectivity index (χ2v) is 5.15. The molecule has 0 saturated heterocycles. The summed E-state index contributed by atoms with van der Waals surface area (Å²) in [6.45, 7) is 0. The lowest BCUT2D eigenvalue weighted by Crippen LogP contribution is -2.05. The van der Waals surface area contributed by atoms with Crippen LogP contribution in [0.4, 0.5) is 0 Å². The molecule has 1 aliphatic rings. The molecule has 0 radical (unpaired) electrons. The Morgan fingerprint density at radius 3 is 2.16 bits per heavy atom. The molecule has 0 saturated carbocycles. The number of aliphatic imine (C=N–C) groups is 1. The van der Waals surface area contributed by atoms with Crippen molar-refractivity contribution in [3.05, 3.63) is 59.3 Å². The normalized spacial score (nSPS) is 14.9. The number of hydrogen-bond donors (Lipinski definition) is 0. The van der Waals surface area contributed by atoms with Crippen molar-refractivity contribution in [2.24, 2.45) is 4.99 Å². The first-order valence-electron chi connectivity index (χ1n) is 7.54. The van der Waals surface area contributed by atoms with Crippen LogP contribution in [-0.4, -0.2) is 33.2 Å². The lowest BCUT2D eigenvalue weighted by Gasteiger charge is -2.12. The molecular formula is C19H17NO5. The molecule has 6 heteroatoms. The fourth-order valence-corrected chi connectivity index (χ4v) is 2.42. The molecule has 1 heterocycles. The van der Waals surface area contributed by atoms with Crippen LogP contribution in [0.2, 0.25) is 0 Å². The van der Waals surface area contributed by atoms with Gasteiger partial charge in [-0.05, 0) is 18.2 Å². The quantitative estimate of drug-likeness (QED) is 0.619. The highest BCUT2D eigenvalue weighted by molar-refractivity contribution is 6.13. The number of carbonyl (C=O) groups is 1. The van der Waals surface area contributed by atoms with Crippen molar-refractivity contribution in [1.82, 2.24) is 0 Å². The number of carbonyl (C=O) groups excluding carboxylic acids is 1. The van der Waals surface area contributed by atoms with E-state index in [1.165, 1.54) is 14.2 Å². The molecule has 0 aromatic heterocycles. The molecule has 128 valence electrons. The lowest BCUT2D eigenvalue weighted by molar-refractivity contribution is -0.129. The van der Waals surface area contributed by atoms with Crippen molar-refractivity contribution >= 4 is 17.9 Å². The summed E-state index contributed by atoms with van der Waals surface area (Å²) in [5.74, 6) is 1.32. The van der Waals surface area contributed by atoms with Crippen molar-refractivity contribution in [3.8, 4) is 17.2 Å². The van der Waals surface area contributed by atoms with E-state index < -0.39 is 5.97 Å². The number of ether oxygens (including phenoxy) is 4. The van der Waals surface area contributed by atoms with Crippen LogP contribution in [0.1, 0.15) is 11.1 Å². The van der Waals surface area contributed by atoms with Crippen LogP contribution >= 0.6 is 0 Å². The Hall–Kier alpha value is -3.28. The summed E-state index contributed by atoms with van der Waals surface area (Å²) in [6, 6.07) is 12.6. The number of hydrogen-bond acceptors (Lipinski definition) is 6. The van der Waals surface area contributed by atoms with E-state index in [1.54, 1.807) is 25.3 Å². The van der Waals surface area contributed by atoms with E-state index in [2.05, 4.69) is 4.99 Å². The maximum Gasteiger partial charge on any atom is 0.363 e. The molecule has 0 atom stereocenters. The Morgan fingerprint density at radius 2 is 1.60 bits per heavy atom. The average molecular weight is 339 g/mol. The topological polar surface area (TPSA) is 66.3 Å². The Balaban J connectivity index is 2.05. The fourth-order valence-electron chi connectivity index (χ4n) is 2.42. The van der Waals surface area contributed by atoms with Gasteiger partial charge in [-0.25, -0.2) is 9.79 Å². The Labute approximate surface area is 145 Å². The number of cyclic esters (lactones) is 1. The summed E-state index contributed by atoms with van der Waals surface area (Å²) < 4.78 is 21.2. The van der Waals surface area contributed by atoms with Gasteiger partial charge in [0.05, 0.1) is 26.9 Å². The fraction of sp³-hybridized carbons (Fsp3) is 0.158. The van der Waals surface area contributed by atoms with Gasteiger partial charge in [-0.15, -0.1) is 0 Å². The summed E-state index contributed by atoms with van der Waals surface area (Å²) in [5.41, 5.74) is 1.48. The second-order valence-electron chi connectivity index (χ2n) is 5.15. The summed E-state index contributed by atoms with van der Waals surface area (Å²) >= 11 is 0. The number of methoxy groups -OCH3 is 3. The highest BCUT2D eigenvalue weighted by Crippen LogP contribution is 2.36. The van der Waals surface area contributed by atoms with Gasteiger partial charge in [-0.3, -0.25) is 0 Å². The van der Waals surface area contributed by atoms with Gasteiger partial charge in [0, 0.05) is 17.7 Å². The van der Waals surface area contributed by atoms with Crippen LogP contribution in [0.5, 0.6) is 17.2 Å². The number of benzene rings is 2. The van der Waals surface area contributed by atoms with Crippen LogP contribution in [0, 0.1) is 0 Å². The van der Waals surface area contributed by atoms with Gasteiger partial charge < -0.3 is 18.9 Å². The third-order valence-electron chi connectivity index (χ3n) is 3.68. The van der Waals surface area contributed by atoms with Crippen molar-refractivity contribution < 1.29 is 23.7 Å². The molecule has 2 aromatic carbocycles. The highest BCUT2D eigenvalue weighted by atomic mass is 16.6. The molecule has 6 nitrogen and oxygen atoms in total.